The van der Waals surface area contributed by atoms with Gasteiger partial charge in [0, 0.05) is 11.1 Å². The van der Waals surface area contributed by atoms with Gasteiger partial charge in [0.2, 0.25) is 10.0 Å². The number of sulfonamides is 1. The Morgan fingerprint density at radius 3 is 2.71 bits per heavy atom. The zero-order valence-corrected chi connectivity index (χ0v) is 13.5. The van der Waals surface area contributed by atoms with Crippen molar-refractivity contribution in [1.82, 2.24) is 4.98 Å². The van der Waals surface area contributed by atoms with Crippen LogP contribution in [0.5, 0.6) is 0 Å². The normalized spacial score (nSPS) is 13.1. The highest BCUT2D eigenvalue weighted by Gasteiger charge is 2.17. The highest BCUT2D eigenvalue weighted by molar-refractivity contribution is 7.89. The first-order chi connectivity index (χ1) is 9.82. The summed E-state index contributed by atoms with van der Waals surface area (Å²) >= 11 is 1.62. The molecule has 0 fully saturated rings. The van der Waals surface area contributed by atoms with Gasteiger partial charge in [0.05, 0.1) is 17.4 Å². The first kappa shape index (κ1) is 15.7. The first-order valence-corrected chi connectivity index (χ1v) is 8.81. The van der Waals surface area contributed by atoms with Crippen LogP contribution in [0.1, 0.15) is 29.8 Å². The predicted octanol–water partition coefficient (Wildman–Crippen LogP) is 2.11. The van der Waals surface area contributed by atoms with Crippen molar-refractivity contribution in [2.45, 2.75) is 31.2 Å². The van der Waals surface area contributed by atoms with Crippen LogP contribution in [-0.2, 0) is 16.4 Å². The van der Waals surface area contributed by atoms with Crippen LogP contribution in [0.25, 0.3) is 0 Å². The monoisotopic (exact) mass is 326 g/mol. The highest BCUT2D eigenvalue weighted by atomic mass is 32.2. The maximum absolute atomic E-state index is 11.5. The molecular weight excluding hydrogens is 308 g/mol. The fourth-order valence-electron chi connectivity index (χ4n) is 1.90. The van der Waals surface area contributed by atoms with E-state index in [4.69, 9.17) is 10.9 Å². The number of benzene rings is 1. The SMILES string of the molecule is CCc1cnc(C(C)Nc2cccc(S(N)(=O)=O)c2N)s1. The quantitative estimate of drug-likeness (QED) is 0.729. The van der Waals surface area contributed by atoms with Crippen molar-refractivity contribution >= 4 is 32.7 Å². The summed E-state index contributed by atoms with van der Waals surface area (Å²) in [7, 11) is -3.83. The van der Waals surface area contributed by atoms with Gasteiger partial charge in [-0.3, -0.25) is 0 Å². The average molecular weight is 326 g/mol. The number of anilines is 2. The second-order valence-electron chi connectivity index (χ2n) is 4.65. The number of para-hydroxylation sites is 1. The van der Waals surface area contributed by atoms with Gasteiger partial charge in [0.15, 0.2) is 0 Å². The van der Waals surface area contributed by atoms with Gasteiger partial charge >= 0.3 is 0 Å². The maximum Gasteiger partial charge on any atom is 0.240 e. The minimum atomic E-state index is -3.83. The van der Waals surface area contributed by atoms with Gasteiger partial charge in [0.25, 0.3) is 0 Å². The minimum absolute atomic E-state index is 0.0756. The molecule has 21 heavy (non-hydrogen) atoms. The molecule has 6 nitrogen and oxygen atoms in total. The smallest absolute Gasteiger partial charge is 0.240 e. The topological polar surface area (TPSA) is 111 Å². The summed E-state index contributed by atoms with van der Waals surface area (Å²) in [5, 5.41) is 9.25. The summed E-state index contributed by atoms with van der Waals surface area (Å²) in [6.07, 6.45) is 2.79. The molecule has 0 amide bonds. The van der Waals surface area contributed by atoms with E-state index in [1.165, 1.54) is 10.9 Å². The summed E-state index contributed by atoms with van der Waals surface area (Å²) in [5.74, 6) is 0. The Hall–Kier alpha value is -1.64. The summed E-state index contributed by atoms with van der Waals surface area (Å²) < 4.78 is 22.9. The maximum atomic E-state index is 11.5. The van der Waals surface area contributed by atoms with E-state index >= 15 is 0 Å². The van der Waals surface area contributed by atoms with Gasteiger partial charge in [-0.05, 0) is 25.5 Å². The van der Waals surface area contributed by atoms with E-state index in [0.717, 1.165) is 11.4 Å². The number of nitrogens with zero attached hydrogens (tertiary/aromatic N) is 1. The number of thiazole rings is 1. The molecule has 0 aliphatic heterocycles. The van der Waals surface area contributed by atoms with Gasteiger partial charge in [-0.25, -0.2) is 18.5 Å². The van der Waals surface area contributed by atoms with Crippen molar-refractivity contribution in [3.63, 3.8) is 0 Å². The van der Waals surface area contributed by atoms with Crippen molar-refractivity contribution in [2.75, 3.05) is 11.1 Å². The third-order valence-corrected chi connectivity index (χ3v) is 5.33. The molecule has 0 aliphatic carbocycles. The van der Waals surface area contributed by atoms with Crippen LogP contribution in [0.2, 0.25) is 0 Å². The molecule has 8 heteroatoms. The predicted molar refractivity (Wildman–Crippen MR) is 85.8 cm³/mol. The molecule has 0 bridgehead atoms. The van der Waals surface area contributed by atoms with Crippen LogP contribution < -0.4 is 16.2 Å². The van der Waals surface area contributed by atoms with E-state index in [9.17, 15) is 8.42 Å². The van der Waals surface area contributed by atoms with Gasteiger partial charge in [-0.2, -0.15) is 0 Å². The van der Waals surface area contributed by atoms with E-state index in [1.807, 2.05) is 13.1 Å². The second kappa shape index (κ2) is 6.00. The van der Waals surface area contributed by atoms with E-state index in [-0.39, 0.29) is 16.6 Å². The van der Waals surface area contributed by atoms with Crippen molar-refractivity contribution in [1.29, 1.82) is 0 Å². The Kier molecular flexibility index (Phi) is 4.50. The Labute approximate surface area is 128 Å². The number of nitrogen functional groups attached to an aromatic ring is 1. The van der Waals surface area contributed by atoms with Crippen molar-refractivity contribution < 1.29 is 8.42 Å². The van der Waals surface area contributed by atoms with Gasteiger partial charge in [0.1, 0.15) is 9.90 Å². The second-order valence-corrected chi connectivity index (χ2v) is 7.32. The molecule has 0 radical (unpaired) electrons. The summed E-state index contributed by atoms with van der Waals surface area (Å²) in [5.41, 5.74) is 6.54. The standard InChI is InChI=1S/C13H18N4O2S2/c1-3-9-7-16-13(20-9)8(2)17-10-5-4-6-11(12(10)14)21(15,18)19/h4-8,17H,3,14H2,1-2H3,(H2,15,18,19). The fraction of sp³-hybridized carbons (Fsp3) is 0.308. The largest absolute Gasteiger partial charge is 0.396 e. The number of hydrogen-bond donors (Lipinski definition) is 3. The number of hydrogen-bond acceptors (Lipinski definition) is 6. The van der Waals surface area contributed by atoms with Gasteiger partial charge in [-0.1, -0.05) is 13.0 Å². The molecule has 0 spiro atoms. The summed E-state index contributed by atoms with van der Waals surface area (Å²) in [4.78, 5) is 5.48. The Morgan fingerprint density at radius 1 is 1.43 bits per heavy atom. The Balaban J connectivity index is 2.27. The average Bonchev–Trinajstić information content (AvgIpc) is 2.88. The molecule has 114 valence electrons. The van der Waals surface area contributed by atoms with Crippen LogP contribution in [0.3, 0.4) is 0 Å². The van der Waals surface area contributed by atoms with Crippen molar-refractivity contribution in [3.05, 3.63) is 34.3 Å². The van der Waals surface area contributed by atoms with Crippen LogP contribution in [0, 0.1) is 0 Å². The molecule has 1 aromatic heterocycles. The van der Waals surface area contributed by atoms with Gasteiger partial charge < -0.3 is 11.1 Å². The molecule has 1 unspecified atom stereocenters. The van der Waals surface area contributed by atoms with E-state index in [0.29, 0.717) is 5.69 Å². The molecule has 2 rings (SSSR count). The summed E-state index contributed by atoms with van der Waals surface area (Å²) in [6, 6.07) is 4.63. The molecule has 2 aromatic rings. The van der Waals surface area contributed by atoms with Crippen LogP contribution in [0.15, 0.2) is 29.3 Å². The lowest BCUT2D eigenvalue weighted by Crippen LogP contribution is -2.16. The lowest BCUT2D eigenvalue weighted by atomic mass is 10.2. The van der Waals surface area contributed by atoms with Crippen molar-refractivity contribution in [2.24, 2.45) is 5.14 Å². The van der Waals surface area contributed by atoms with Crippen molar-refractivity contribution in [3.8, 4) is 0 Å². The number of rotatable bonds is 5. The molecule has 1 heterocycles. The number of primary sulfonamides is 1. The molecule has 1 atom stereocenters. The first-order valence-electron chi connectivity index (χ1n) is 6.45. The van der Waals surface area contributed by atoms with Crippen LogP contribution >= 0.6 is 11.3 Å². The Bertz CT molecular complexity index is 740. The lowest BCUT2D eigenvalue weighted by molar-refractivity contribution is 0.598. The third kappa shape index (κ3) is 3.52. The van der Waals surface area contributed by atoms with E-state index in [1.54, 1.807) is 23.5 Å². The summed E-state index contributed by atoms with van der Waals surface area (Å²) in [6.45, 7) is 4.02. The number of nitrogens with two attached hydrogens (primary N) is 2. The molecule has 0 saturated carbocycles. The molecular formula is C13H18N4O2S2. The molecule has 0 saturated heterocycles. The molecule has 1 aromatic carbocycles. The van der Waals surface area contributed by atoms with E-state index in [2.05, 4.69) is 17.2 Å². The Morgan fingerprint density at radius 2 is 2.14 bits per heavy atom. The minimum Gasteiger partial charge on any atom is -0.396 e. The lowest BCUT2D eigenvalue weighted by Gasteiger charge is -2.16. The molecule has 0 aliphatic rings. The number of nitrogens with one attached hydrogen (secondary N) is 1. The number of aromatic nitrogens is 1. The van der Waals surface area contributed by atoms with Gasteiger partial charge in [-0.15, -0.1) is 11.3 Å². The number of aryl methyl sites for hydroxylation is 1. The zero-order valence-electron chi connectivity index (χ0n) is 11.8. The third-order valence-electron chi connectivity index (χ3n) is 3.03. The highest BCUT2D eigenvalue weighted by Crippen LogP contribution is 2.30. The fourth-order valence-corrected chi connectivity index (χ4v) is 3.44. The zero-order chi connectivity index (χ0) is 15.6. The van der Waals surface area contributed by atoms with Crippen LogP contribution in [0.4, 0.5) is 11.4 Å². The van der Waals surface area contributed by atoms with E-state index < -0.39 is 10.0 Å². The van der Waals surface area contributed by atoms with Crippen LogP contribution in [-0.4, -0.2) is 13.4 Å². The molecule has 5 N–H and O–H groups in total.